The highest BCUT2D eigenvalue weighted by Crippen LogP contribution is 2.07. The summed E-state index contributed by atoms with van der Waals surface area (Å²) < 4.78 is 0. The van der Waals surface area contributed by atoms with Crippen LogP contribution in [0.3, 0.4) is 0 Å². The van der Waals surface area contributed by atoms with Crippen LogP contribution in [0.5, 0.6) is 0 Å². The van der Waals surface area contributed by atoms with Crippen molar-refractivity contribution in [1.29, 1.82) is 0 Å². The van der Waals surface area contributed by atoms with Crippen LogP contribution in [0.2, 0.25) is 0 Å². The zero-order valence-electron chi connectivity index (χ0n) is 8.41. The number of allylic oxidation sites excluding steroid dienone is 6. The summed E-state index contributed by atoms with van der Waals surface area (Å²) in [5.41, 5.74) is 0. The van der Waals surface area contributed by atoms with Crippen molar-refractivity contribution in [3.8, 4) is 0 Å². The maximum atomic E-state index is 2.31. The smallest absolute Gasteiger partial charge is 0.0166 e. The molecule has 0 saturated carbocycles. The summed E-state index contributed by atoms with van der Waals surface area (Å²) >= 11 is 0. The van der Waals surface area contributed by atoms with Gasteiger partial charge in [0.05, 0.1) is 0 Å². The van der Waals surface area contributed by atoms with Crippen molar-refractivity contribution in [3.05, 3.63) is 36.5 Å². The minimum absolute atomic E-state index is 1.09. The van der Waals surface area contributed by atoms with Crippen LogP contribution in [0.1, 0.15) is 44.9 Å². The highest BCUT2D eigenvalue weighted by Gasteiger charge is 1.87. The lowest BCUT2D eigenvalue weighted by atomic mass is 10.1. The largest absolute Gasteiger partial charge is 0.0882 e. The molecule has 0 aromatic carbocycles. The normalized spacial score (nSPS) is 25.2. The van der Waals surface area contributed by atoms with Crippen molar-refractivity contribution in [1.82, 2.24) is 0 Å². The monoisotopic (exact) mass is 176 g/mol. The molecule has 0 N–H and O–H groups in total. The molecule has 72 valence electrons. The second-order valence-corrected chi connectivity index (χ2v) is 3.55. The molecule has 0 aromatic heterocycles. The second-order valence-electron chi connectivity index (χ2n) is 3.55. The van der Waals surface area contributed by atoms with Gasteiger partial charge in [0.1, 0.15) is 0 Å². The molecule has 13 heavy (non-hydrogen) atoms. The first-order chi connectivity index (χ1) is 6.50. The molecule has 0 bridgehead atoms. The maximum Gasteiger partial charge on any atom is -0.0166 e. The Morgan fingerprint density at radius 2 is 1.23 bits per heavy atom. The van der Waals surface area contributed by atoms with Gasteiger partial charge in [-0.1, -0.05) is 49.3 Å². The molecule has 0 atom stereocenters. The van der Waals surface area contributed by atoms with E-state index in [2.05, 4.69) is 36.5 Å². The van der Waals surface area contributed by atoms with E-state index in [4.69, 9.17) is 0 Å². The van der Waals surface area contributed by atoms with Gasteiger partial charge in [0.25, 0.3) is 0 Å². The zero-order valence-corrected chi connectivity index (χ0v) is 8.41. The third-order valence-corrected chi connectivity index (χ3v) is 2.31. The number of hydrogen-bond donors (Lipinski definition) is 0. The Morgan fingerprint density at radius 1 is 0.538 bits per heavy atom. The minimum Gasteiger partial charge on any atom is -0.0882 e. The third-order valence-electron chi connectivity index (χ3n) is 2.31. The van der Waals surface area contributed by atoms with Crippen LogP contribution in [0.15, 0.2) is 36.5 Å². The Balaban J connectivity index is 2.29. The van der Waals surface area contributed by atoms with E-state index in [0.717, 1.165) is 6.42 Å². The van der Waals surface area contributed by atoms with Gasteiger partial charge in [-0.05, 0) is 32.1 Å². The van der Waals surface area contributed by atoms with E-state index in [1.165, 1.54) is 38.5 Å². The Morgan fingerprint density at radius 3 is 2.08 bits per heavy atom. The van der Waals surface area contributed by atoms with E-state index < -0.39 is 0 Å². The molecule has 0 aromatic rings. The molecule has 0 amide bonds. The molecule has 0 radical (unpaired) electrons. The van der Waals surface area contributed by atoms with Gasteiger partial charge in [0.15, 0.2) is 0 Å². The molecule has 0 nitrogen and oxygen atoms in total. The lowest BCUT2D eigenvalue weighted by molar-refractivity contribution is 0.652. The Kier molecular flexibility index (Phi) is 6.22. The Hall–Kier alpha value is -0.780. The van der Waals surface area contributed by atoms with E-state index in [1.54, 1.807) is 0 Å². The Bertz CT molecular complexity index is 184. The molecule has 1 rings (SSSR count). The molecule has 0 fully saturated rings. The molecular weight excluding hydrogens is 156 g/mol. The quantitative estimate of drug-likeness (QED) is 0.480. The molecule has 0 saturated heterocycles. The summed E-state index contributed by atoms with van der Waals surface area (Å²) in [6.07, 6.45) is 22.5. The molecule has 0 aliphatic heterocycles. The molecule has 0 unspecified atom stereocenters. The van der Waals surface area contributed by atoms with Crippen molar-refractivity contribution >= 4 is 0 Å². The van der Waals surface area contributed by atoms with Crippen molar-refractivity contribution in [3.63, 3.8) is 0 Å². The van der Waals surface area contributed by atoms with Crippen LogP contribution in [-0.2, 0) is 0 Å². The maximum absolute atomic E-state index is 2.31. The minimum atomic E-state index is 1.09. The van der Waals surface area contributed by atoms with Crippen LogP contribution < -0.4 is 0 Å². The zero-order chi connectivity index (χ0) is 9.19. The SMILES string of the molecule is C1=CCCCCCC/C=C\C/C=C\1. The van der Waals surface area contributed by atoms with Crippen molar-refractivity contribution in [2.24, 2.45) is 0 Å². The van der Waals surface area contributed by atoms with Gasteiger partial charge in [0.2, 0.25) is 0 Å². The van der Waals surface area contributed by atoms with E-state index in [0.29, 0.717) is 0 Å². The molecule has 0 heterocycles. The van der Waals surface area contributed by atoms with Crippen LogP contribution in [0.25, 0.3) is 0 Å². The van der Waals surface area contributed by atoms with E-state index in [1.807, 2.05) is 0 Å². The molecule has 0 spiro atoms. The highest BCUT2D eigenvalue weighted by atomic mass is 13.9. The van der Waals surface area contributed by atoms with Crippen LogP contribution in [-0.4, -0.2) is 0 Å². The predicted octanol–water partition coefficient (Wildman–Crippen LogP) is 4.40. The fraction of sp³-hybridized carbons (Fsp3) is 0.538. The van der Waals surface area contributed by atoms with Gasteiger partial charge < -0.3 is 0 Å². The Labute approximate surface area is 82.0 Å². The fourth-order valence-electron chi connectivity index (χ4n) is 1.50. The first kappa shape index (κ1) is 10.3. The van der Waals surface area contributed by atoms with Crippen molar-refractivity contribution < 1.29 is 0 Å². The summed E-state index contributed by atoms with van der Waals surface area (Å²) in [6.45, 7) is 0. The topological polar surface area (TPSA) is 0 Å². The first-order valence-electron chi connectivity index (χ1n) is 5.47. The first-order valence-corrected chi connectivity index (χ1v) is 5.47. The lowest BCUT2D eigenvalue weighted by Crippen LogP contribution is -1.76. The fourth-order valence-corrected chi connectivity index (χ4v) is 1.50. The van der Waals surface area contributed by atoms with E-state index >= 15 is 0 Å². The van der Waals surface area contributed by atoms with Gasteiger partial charge in [-0.15, -0.1) is 0 Å². The average Bonchev–Trinajstić information content (AvgIpc) is 2.18. The summed E-state index contributed by atoms with van der Waals surface area (Å²) in [5.74, 6) is 0. The number of rotatable bonds is 0. The lowest BCUT2D eigenvalue weighted by Gasteiger charge is -1.95. The van der Waals surface area contributed by atoms with Gasteiger partial charge in [0, 0.05) is 0 Å². The number of hydrogen-bond acceptors (Lipinski definition) is 0. The van der Waals surface area contributed by atoms with Crippen molar-refractivity contribution in [2.75, 3.05) is 0 Å². The van der Waals surface area contributed by atoms with Gasteiger partial charge in [-0.25, -0.2) is 0 Å². The van der Waals surface area contributed by atoms with Gasteiger partial charge in [-0.3, -0.25) is 0 Å². The van der Waals surface area contributed by atoms with Crippen molar-refractivity contribution in [2.45, 2.75) is 44.9 Å². The standard InChI is InChI=1S/C13H20/c1-2-4-6-8-10-12-13-11-9-7-5-3-1/h1-4,7,9H,5-6,8,10-13H2/b3-1-,4-2?,9-7-. The summed E-state index contributed by atoms with van der Waals surface area (Å²) in [4.78, 5) is 0. The van der Waals surface area contributed by atoms with Crippen LogP contribution in [0.4, 0.5) is 0 Å². The predicted molar refractivity (Wildman–Crippen MR) is 59.7 cm³/mol. The van der Waals surface area contributed by atoms with E-state index in [9.17, 15) is 0 Å². The van der Waals surface area contributed by atoms with Crippen LogP contribution in [0, 0.1) is 0 Å². The molecular formula is C13H20. The molecule has 1 aliphatic rings. The summed E-state index contributed by atoms with van der Waals surface area (Å²) in [7, 11) is 0. The molecule has 1 aliphatic carbocycles. The highest BCUT2D eigenvalue weighted by molar-refractivity contribution is 5.04. The average molecular weight is 176 g/mol. The second kappa shape index (κ2) is 7.85. The van der Waals surface area contributed by atoms with Gasteiger partial charge in [-0.2, -0.15) is 0 Å². The van der Waals surface area contributed by atoms with Crippen LogP contribution >= 0.6 is 0 Å². The summed E-state index contributed by atoms with van der Waals surface area (Å²) in [5, 5.41) is 0. The van der Waals surface area contributed by atoms with Gasteiger partial charge >= 0.3 is 0 Å². The summed E-state index contributed by atoms with van der Waals surface area (Å²) in [6, 6.07) is 0. The van der Waals surface area contributed by atoms with E-state index in [-0.39, 0.29) is 0 Å². The third kappa shape index (κ3) is 6.39. The molecule has 0 heteroatoms.